The molecule has 1 aliphatic heterocycles. The molecule has 14 heteroatoms. The normalized spacial score (nSPS) is 24.9. The Balaban J connectivity index is 1.92. The van der Waals surface area contributed by atoms with Crippen molar-refractivity contribution in [3.63, 3.8) is 0 Å². The van der Waals surface area contributed by atoms with Crippen molar-refractivity contribution in [3.8, 4) is 0 Å². The Morgan fingerprint density at radius 3 is 2.10 bits per heavy atom. The fourth-order valence-corrected chi connectivity index (χ4v) is 8.06. The number of sulfonamides is 1. The Hall–Kier alpha value is -2.74. The first-order valence-corrected chi connectivity index (χ1v) is 19.3. The summed E-state index contributed by atoms with van der Waals surface area (Å²) in [5.74, 6) is -2.37. The maximum absolute atomic E-state index is 14.7. The number of rotatable bonds is 14. The Morgan fingerprint density at radius 1 is 0.979 bits per heavy atom. The molecule has 1 unspecified atom stereocenters. The number of ketones is 1. The molecule has 274 valence electrons. The minimum Gasteiger partial charge on any atom is -0.353 e. The number of Topliss-reactive ketones (excluding diaryl/α,β-unsaturated/α-hetero) is 1. The quantitative estimate of drug-likeness (QED) is 0.202. The van der Waals surface area contributed by atoms with Gasteiger partial charge in [-0.3, -0.25) is 19.2 Å². The summed E-state index contributed by atoms with van der Waals surface area (Å²) in [6, 6.07) is -3.95. The lowest BCUT2D eigenvalue weighted by atomic mass is 9.70. The van der Waals surface area contributed by atoms with Crippen LogP contribution >= 0.6 is 0 Å². The van der Waals surface area contributed by atoms with Crippen LogP contribution in [0, 0.1) is 28.1 Å². The summed E-state index contributed by atoms with van der Waals surface area (Å²) < 4.78 is 25.6. The Bertz CT molecular complexity index is 1340. The van der Waals surface area contributed by atoms with Gasteiger partial charge in [-0.2, -0.15) is 0 Å². The number of nitrogens with zero attached hydrogens (tertiary/aromatic N) is 2. The average molecular weight is 697 g/mol. The molecule has 0 aromatic heterocycles. The van der Waals surface area contributed by atoms with Gasteiger partial charge in [-0.1, -0.05) is 80.6 Å². The molecular weight excluding hydrogens is 636 g/mol. The SMILES string of the molecule is CCCCC(NC(=O)[C@@H]1[C@@H]2[C@H](CN1C(=O)[C@@H](NC(=O)N[C@H](CN(C)S(C)(=O)=O)C(C)(C)C)C1(C)CCCCC1)C2(C)C)C(=O)C(=O)NC. The summed E-state index contributed by atoms with van der Waals surface area (Å²) >= 11 is 0. The summed E-state index contributed by atoms with van der Waals surface area (Å²) in [6.45, 7) is 14.2. The van der Waals surface area contributed by atoms with Crippen LogP contribution in [0.4, 0.5) is 4.79 Å². The van der Waals surface area contributed by atoms with E-state index in [1.54, 1.807) is 4.90 Å². The van der Waals surface area contributed by atoms with E-state index in [1.807, 2.05) is 34.6 Å². The van der Waals surface area contributed by atoms with Crippen molar-refractivity contribution in [2.45, 2.75) is 124 Å². The van der Waals surface area contributed by atoms with Gasteiger partial charge in [0.15, 0.2) is 0 Å². The lowest BCUT2D eigenvalue weighted by molar-refractivity contribution is -0.146. The largest absolute Gasteiger partial charge is 0.353 e. The number of piperidine rings is 1. The number of carbonyl (C=O) groups excluding carboxylic acids is 5. The minimum atomic E-state index is -3.50. The Kier molecular flexibility index (Phi) is 12.4. The predicted octanol–water partition coefficient (Wildman–Crippen LogP) is 2.40. The number of carbonyl (C=O) groups is 5. The zero-order valence-corrected chi connectivity index (χ0v) is 31.5. The highest BCUT2D eigenvalue weighted by molar-refractivity contribution is 7.88. The van der Waals surface area contributed by atoms with Crippen LogP contribution in [0.1, 0.15) is 99.8 Å². The number of likely N-dealkylation sites (tertiary alicyclic amines) is 1. The minimum absolute atomic E-state index is 0.0480. The molecular formula is C34H60N6O7S. The van der Waals surface area contributed by atoms with Crippen LogP contribution in [-0.4, -0.2) is 105 Å². The van der Waals surface area contributed by atoms with Gasteiger partial charge in [0.05, 0.1) is 12.3 Å². The van der Waals surface area contributed by atoms with Gasteiger partial charge in [-0.25, -0.2) is 17.5 Å². The summed E-state index contributed by atoms with van der Waals surface area (Å²) in [6.07, 6.45) is 7.07. The van der Waals surface area contributed by atoms with Crippen LogP contribution < -0.4 is 21.3 Å². The van der Waals surface area contributed by atoms with Crippen molar-refractivity contribution in [1.82, 2.24) is 30.5 Å². The Morgan fingerprint density at radius 2 is 1.58 bits per heavy atom. The molecule has 0 spiro atoms. The van der Waals surface area contributed by atoms with Gasteiger partial charge in [0.1, 0.15) is 12.1 Å². The molecule has 48 heavy (non-hydrogen) atoms. The maximum Gasteiger partial charge on any atom is 0.315 e. The van der Waals surface area contributed by atoms with Crippen LogP contribution in [-0.2, 0) is 29.2 Å². The fourth-order valence-electron chi connectivity index (χ4n) is 7.64. The smallest absolute Gasteiger partial charge is 0.315 e. The number of hydrogen-bond donors (Lipinski definition) is 4. The van der Waals surface area contributed by atoms with Gasteiger partial charge in [0, 0.05) is 33.2 Å². The molecule has 4 N–H and O–H groups in total. The summed E-state index contributed by atoms with van der Waals surface area (Å²) in [5.41, 5.74) is -1.27. The second kappa shape index (κ2) is 15.0. The second-order valence-corrected chi connectivity index (χ2v) is 18.4. The zero-order valence-electron chi connectivity index (χ0n) is 30.7. The molecule has 1 heterocycles. The molecule has 1 saturated heterocycles. The summed E-state index contributed by atoms with van der Waals surface area (Å²) in [7, 11) is -0.667. The number of urea groups is 1. The molecule has 3 fully saturated rings. The van der Waals surface area contributed by atoms with E-state index in [4.69, 9.17) is 0 Å². The van der Waals surface area contributed by atoms with Crippen molar-refractivity contribution in [2.24, 2.45) is 28.1 Å². The van der Waals surface area contributed by atoms with Gasteiger partial charge >= 0.3 is 6.03 Å². The van der Waals surface area contributed by atoms with Crippen LogP contribution in [0.15, 0.2) is 0 Å². The number of unbranched alkanes of at least 4 members (excludes halogenated alkanes) is 1. The topological polar surface area (TPSA) is 174 Å². The van der Waals surface area contributed by atoms with Crippen LogP contribution in [0.25, 0.3) is 0 Å². The first-order valence-electron chi connectivity index (χ1n) is 17.4. The second-order valence-electron chi connectivity index (χ2n) is 16.3. The third-order valence-corrected chi connectivity index (χ3v) is 12.5. The number of amides is 5. The van der Waals surface area contributed by atoms with Crippen molar-refractivity contribution in [2.75, 3.05) is 33.4 Å². The van der Waals surface area contributed by atoms with Crippen molar-refractivity contribution >= 4 is 39.6 Å². The number of nitrogens with one attached hydrogen (secondary N) is 4. The standard InChI is InChI=1S/C34H60N6O7S/c1-11-12-16-22(26(41)29(43)35-8)36-28(42)25-24-21(33(24,5)6)19-40(25)30(44)27(34(7)17-14-13-15-18-34)38-31(45)37-23(32(2,3)4)20-39(9)48(10,46)47/h21-25,27H,11-20H2,1-10H3,(H,35,43)(H,36,42)(H2,37,38,45)/t21-,22?,23+,24-,25-,27+/m0/s1. The van der Waals surface area contributed by atoms with E-state index >= 15 is 0 Å². The molecule has 5 amide bonds. The highest BCUT2D eigenvalue weighted by atomic mass is 32.2. The van der Waals surface area contributed by atoms with Crippen molar-refractivity contribution in [1.29, 1.82) is 0 Å². The van der Waals surface area contributed by atoms with Gasteiger partial charge < -0.3 is 26.2 Å². The lowest BCUT2D eigenvalue weighted by Crippen LogP contribution is -2.63. The molecule has 2 saturated carbocycles. The fraction of sp³-hybridized carbons (Fsp3) is 0.853. The molecule has 3 aliphatic rings. The monoisotopic (exact) mass is 696 g/mol. The third-order valence-electron chi connectivity index (χ3n) is 11.3. The molecule has 13 nitrogen and oxygen atoms in total. The van der Waals surface area contributed by atoms with Gasteiger partial charge in [-0.15, -0.1) is 0 Å². The zero-order chi connectivity index (χ0) is 36.4. The predicted molar refractivity (Wildman–Crippen MR) is 184 cm³/mol. The van der Waals surface area contributed by atoms with E-state index < -0.39 is 68.6 Å². The van der Waals surface area contributed by atoms with Crippen LogP contribution in [0.2, 0.25) is 0 Å². The van der Waals surface area contributed by atoms with Gasteiger partial charge in [-0.05, 0) is 47.3 Å². The summed E-state index contributed by atoms with van der Waals surface area (Å²) in [5, 5.41) is 11.1. The first-order chi connectivity index (χ1) is 22.1. The van der Waals surface area contributed by atoms with Crippen LogP contribution in [0.5, 0.6) is 0 Å². The molecule has 0 aromatic carbocycles. The average Bonchev–Trinajstić information content (AvgIpc) is 3.31. The number of hydrogen-bond acceptors (Lipinski definition) is 7. The lowest BCUT2D eigenvalue weighted by Gasteiger charge is -2.43. The van der Waals surface area contributed by atoms with Crippen molar-refractivity contribution in [3.05, 3.63) is 0 Å². The maximum atomic E-state index is 14.7. The highest BCUT2D eigenvalue weighted by Crippen LogP contribution is 2.65. The van der Waals surface area contributed by atoms with E-state index in [0.29, 0.717) is 32.2 Å². The van der Waals surface area contributed by atoms with Crippen LogP contribution in [0.3, 0.4) is 0 Å². The van der Waals surface area contributed by atoms with E-state index in [-0.39, 0.29) is 29.7 Å². The van der Waals surface area contributed by atoms with E-state index in [2.05, 4.69) is 35.1 Å². The van der Waals surface area contributed by atoms with E-state index in [9.17, 15) is 32.4 Å². The van der Waals surface area contributed by atoms with Gasteiger partial charge in [0.25, 0.3) is 5.91 Å². The van der Waals surface area contributed by atoms with E-state index in [0.717, 1.165) is 31.9 Å². The summed E-state index contributed by atoms with van der Waals surface area (Å²) in [4.78, 5) is 69.3. The molecule has 2 aliphatic carbocycles. The number of likely N-dealkylation sites (N-methyl/N-ethyl adjacent to an activating group) is 2. The van der Waals surface area contributed by atoms with Gasteiger partial charge in [0.2, 0.25) is 27.6 Å². The molecule has 0 bridgehead atoms. The Labute approximate surface area is 287 Å². The number of fused-ring (bicyclic) bond motifs is 1. The van der Waals surface area contributed by atoms with E-state index in [1.165, 1.54) is 18.4 Å². The third kappa shape index (κ3) is 8.88. The molecule has 0 radical (unpaired) electrons. The van der Waals surface area contributed by atoms with Crippen molar-refractivity contribution < 1.29 is 32.4 Å². The molecule has 3 rings (SSSR count). The molecule has 0 aromatic rings. The molecule has 6 atom stereocenters. The highest BCUT2D eigenvalue weighted by Gasteiger charge is 2.70. The first kappa shape index (κ1) is 39.7.